The van der Waals surface area contributed by atoms with Crippen LogP contribution in [-0.2, 0) is 4.79 Å². The van der Waals surface area contributed by atoms with Crippen molar-refractivity contribution in [3.63, 3.8) is 0 Å². The normalized spacial score (nSPS) is 22.8. The van der Waals surface area contributed by atoms with Gasteiger partial charge in [-0.05, 0) is 38.6 Å². The van der Waals surface area contributed by atoms with Crippen LogP contribution >= 0.6 is 11.8 Å². The fourth-order valence-electron chi connectivity index (χ4n) is 2.00. The highest BCUT2D eigenvalue weighted by atomic mass is 32.2. The predicted molar refractivity (Wildman–Crippen MR) is 59.8 cm³/mol. The second kappa shape index (κ2) is 6.30. The van der Waals surface area contributed by atoms with Crippen LogP contribution in [0.15, 0.2) is 0 Å². The van der Waals surface area contributed by atoms with E-state index in [-0.39, 0.29) is 0 Å². The van der Waals surface area contributed by atoms with Crippen molar-refractivity contribution in [2.45, 2.75) is 31.7 Å². The van der Waals surface area contributed by atoms with E-state index in [2.05, 4.69) is 11.2 Å². The zero-order chi connectivity index (χ0) is 10.4. The number of hydrogen-bond donors (Lipinski definition) is 1. The molecule has 0 bridgehead atoms. The standard InChI is InChI=1S/C10H19NO2S/c1-14-8-9-4-2-6-11(9)7-3-5-10(12)13/h9H,2-8H2,1H3,(H,12,13). The first-order chi connectivity index (χ1) is 6.74. The Morgan fingerprint density at radius 1 is 1.64 bits per heavy atom. The number of carbonyl (C=O) groups is 1. The summed E-state index contributed by atoms with van der Waals surface area (Å²) in [5.41, 5.74) is 0. The van der Waals surface area contributed by atoms with Crippen LogP contribution < -0.4 is 0 Å². The molecular formula is C10H19NO2S. The van der Waals surface area contributed by atoms with Crippen molar-refractivity contribution in [3.8, 4) is 0 Å². The zero-order valence-corrected chi connectivity index (χ0v) is 9.55. The zero-order valence-electron chi connectivity index (χ0n) is 8.74. The number of carboxylic acid groups (broad SMARTS) is 1. The minimum Gasteiger partial charge on any atom is -0.481 e. The lowest BCUT2D eigenvalue weighted by molar-refractivity contribution is -0.137. The summed E-state index contributed by atoms with van der Waals surface area (Å²) in [5, 5.41) is 8.53. The summed E-state index contributed by atoms with van der Waals surface area (Å²) in [4.78, 5) is 12.8. The average molecular weight is 217 g/mol. The van der Waals surface area contributed by atoms with Gasteiger partial charge in [0.25, 0.3) is 0 Å². The molecule has 1 fully saturated rings. The Morgan fingerprint density at radius 2 is 2.43 bits per heavy atom. The average Bonchev–Trinajstić information content (AvgIpc) is 2.53. The summed E-state index contributed by atoms with van der Waals surface area (Å²) in [6, 6.07) is 0.693. The molecule has 0 saturated carbocycles. The molecule has 1 N–H and O–H groups in total. The van der Waals surface area contributed by atoms with E-state index in [1.165, 1.54) is 18.6 Å². The third-order valence-electron chi connectivity index (χ3n) is 2.69. The lowest BCUT2D eigenvalue weighted by atomic mass is 10.2. The molecule has 1 heterocycles. The lowest BCUT2D eigenvalue weighted by Crippen LogP contribution is -2.32. The maximum atomic E-state index is 10.4. The first-order valence-corrected chi connectivity index (χ1v) is 6.58. The fraction of sp³-hybridized carbons (Fsp3) is 0.900. The molecule has 3 nitrogen and oxygen atoms in total. The minimum absolute atomic E-state index is 0.308. The monoisotopic (exact) mass is 217 g/mol. The Morgan fingerprint density at radius 3 is 3.07 bits per heavy atom. The molecule has 0 aliphatic carbocycles. The van der Waals surface area contributed by atoms with Gasteiger partial charge < -0.3 is 5.11 Å². The summed E-state index contributed by atoms with van der Waals surface area (Å²) in [7, 11) is 0. The van der Waals surface area contributed by atoms with Crippen molar-refractivity contribution in [1.29, 1.82) is 0 Å². The second-order valence-corrected chi connectivity index (χ2v) is 4.70. The molecule has 1 rings (SSSR count). The summed E-state index contributed by atoms with van der Waals surface area (Å²) in [6.45, 7) is 2.11. The van der Waals surface area contributed by atoms with E-state index in [0.717, 1.165) is 19.5 Å². The van der Waals surface area contributed by atoms with E-state index in [1.54, 1.807) is 0 Å². The van der Waals surface area contributed by atoms with Gasteiger partial charge in [-0.1, -0.05) is 0 Å². The SMILES string of the molecule is CSCC1CCCN1CCCC(=O)O. The maximum absolute atomic E-state index is 10.4. The van der Waals surface area contributed by atoms with Crippen molar-refractivity contribution in [1.82, 2.24) is 4.90 Å². The molecule has 0 aromatic heterocycles. The first kappa shape index (κ1) is 11.9. The Hall–Kier alpha value is -0.220. The van der Waals surface area contributed by atoms with Crippen LogP contribution in [0.3, 0.4) is 0 Å². The molecule has 0 spiro atoms. The number of likely N-dealkylation sites (tertiary alicyclic amines) is 1. The van der Waals surface area contributed by atoms with Gasteiger partial charge in [0.2, 0.25) is 0 Å². The molecule has 82 valence electrons. The minimum atomic E-state index is -0.675. The van der Waals surface area contributed by atoms with Gasteiger partial charge in [0.15, 0.2) is 0 Å². The lowest BCUT2D eigenvalue weighted by Gasteiger charge is -2.23. The fourth-order valence-corrected chi connectivity index (χ4v) is 2.77. The van der Waals surface area contributed by atoms with Crippen LogP contribution in [0.2, 0.25) is 0 Å². The Bertz CT molecular complexity index is 187. The Balaban J connectivity index is 2.18. The van der Waals surface area contributed by atoms with Crippen LogP contribution in [0.4, 0.5) is 0 Å². The summed E-state index contributed by atoms with van der Waals surface area (Å²) < 4.78 is 0. The quantitative estimate of drug-likeness (QED) is 0.735. The number of hydrogen-bond acceptors (Lipinski definition) is 3. The van der Waals surface area contributed by atoms with Crippen molar-refractivity contribution in [2.24, 2.45) is 0 Å². The van der Waals surface area contributed by atoms with Crippen molar-refractivity contribution in [3.05, 3.63) is 0 Å². The number of carboxylic acids is 1. The molecule has 0 amide bonds. The molecule has 0 aromatic rings. The van der Waals surface area contributed by atoms with Gasteiger partial charge in [-0.15, -0.1) is 0 Å². The van der Waals surface area contributed by atoms with E-state index < -0.39 is 5.97 Å². The van der Waals surface area contributed by atoms with Gasteiger partial charge in [-0.3, -0.25) is 9.69 Å². The second-order valence-electron chi connectivity index (χ2n) is 3.78. The summed E-state index contributed by atoms with van der Waals surface area (Å²) in [5.74, 6) is 0.512. The number of nitrogens with zero attached hydrogens (tertiary/aromatic N) is 1. The van der Waals surface area contributed by atoms with Crippen LogP contribution in [0, 0.1) is 0 Å². The third kappa shape index (κ3) is 3.88. The molecule has 0 aromatic carbocycles. The Labute approximate surface area is 89.9 Å². The molecule has 14 heavy (non-hydrogen) atoms. The topological polar surface area (TPSA) is 40.5 Å². The summed E-state index contributed by atoms with van der Waals surface area (Å²) in [6.07, 6.45) is 5.79. The van der Waals surface area contributed by atoms with E-state index in [1.807, 2.05) is 11.8 Å². The van der Waals surface area contributed by atoms with Crippen molar-refractivity contribution in [2.75, 3.05) is 25.1 Å². The van der Waals surface area contributed by atoms with Gasteiger partial charge in [0, 0.05) is 18.2 Å². The molecule has 1 saturated heterocycles. The smallest absolute Gasteiger partial charge is 0.303 e. The van der Waals surface area contributed by atoms with E-state index in [4.69, 9.17) is 5.11 Å². The van der Waals surface area contributed by atoms with Crippen molar-refractivity contribution < 1.29 is 9.90 Å². The van der Waals surface area contributed by atoms with E-state index in [9.17, 15) is 4.79 Å². The number of aliphatic carboxylic acids is 1. The highest BCUT2D eigenvalue weighted by Gasteiger charge is 2.23. The molecule has 4 heteroatoms. The van der Waals surface area contributed by atoms with Crippen LogP contribution in [0.5, 0.6) is 0 Å². The molecular weight excluding hydrogens is 198 g/mol. The molecule has 0 radical (unpaired) electrons. The van der Waals surface area contributed by atoms with Crippen LogP contribution in [0.25, 0.3) is 0 Å². The van der Waals surface area contributed by atoms with Crippen LogP contribution in [-0.4, -0.2) is 47.1 Å². The van der Waals surface area contributed by atoms with E-state index in [0.29, 0.717) is 12.5 Å². The molecule has 1 aliphatic heterocycles. The van der Waals surface area contributed by atoms with Gasteiger partial charge in [-0.25, -0.2) is 0 Å². The molecule has 1 aliphatic rings. The number of rotatable bonds is 6. The third-order valence-corrected chi connectivity index (χ3v) is 3.41. The maximum Gasteiger partial charge on any atom is 0.303 e. The highest BCUT2D eigenvalue weighted by Crippen LogP contribution is 2.20. The van der Waals surface area contributed by atoms with Gasteiger partial charge in [0.1, 0.15) is 0 Å². The van der Waals surface area contributed by atoms with Gasteiger partial charge in [-0.2, -0.15) is 11.8 Å². The van der Waals surface area contributed by atoms with Gasteiger partial charge >= 0.3 is 5.97 Å². The highest BCUT2D eigenvalue weighted by molar-refractivity contribution is 7.98. The first-order valence-electron chi connectivity index (χ1n) is 5.19. The van der Waals surface area contributed by atoms with Crippen molar-refractivity contribution >= 4 is 17.7 Å². The number of thioether (sulfide) groups is 1. The molecule has 1 unspecified atom stereocenters. The summed E-state index contributed by atoms with van der Waals surface area (Å²) >= 11 is 1.88. The molecule has 1 atom stereocenters. The largest absolute Gasteiger partial charge is 0.481 e. The predicted octanol–water partition coefficient (Wildman–Crippen LogP) is 1.68. The van der Waals surface area contributed by atoms with Gasteiger partial charge in [0.05, 0.1) is 0 Å². The van der Waals surface area contributed by atoms with Crippen LogP contribution in [0.1, 0.15) is 25.7 Å². The van der Waals surface area contributed by atoms with E-state index >= 15 is 0 Å². The Kier molecular flexibility index (Phi) is 5.33.